The van der Waals surface area contributed by atoms with Gasteiger partial charge in [0, 0.05) is 28.7 Å². The van der Waals surface area contributed by atoms with Crippen molar-refractivity contribution in [2.75, 3.05) is 11.4 Å². The number of aromatic nitrogens is 2. The summed E-state index contributed by atoms with van der Waals surface area (Å²) in [4.78, 5) is 18.5. The molecule has 0 spiro atoms. The third-order valence-corrected chi connectivity index (χ3v) is 5.00. The second-order valence-electron chi connectivity index (χ2n) is 6.30. The summed E-state index contributed by atoms with van der Waals surface area (Å²) in [5.74, 6) is 0.440. The zero-order chi connectivity index (χ0) is 18.3. The maximum absolute atomic E-state index is 13.5. The summed E-state index contributed by atoms with van der Waals surface area (Å²) in [7, 11) is 0. The Bertz CT molecular complexity index is 971. The minimum absolute atomic E-state index is 0.0376. The summed E-state index contributed by atoms with van der Waals surface area (Å²) in [5.41, 5.74) is 2.04. The number of anilines is 1. The highest BCUT2D eigenvalue weighted by Gasteiger charge is 2.35. The first-order chi connectivity index (χ1) is 12.5. The Morgan fingerprint density at radius 3 is 2.73 bits per heavy atom. The summed E-state index contributed by atoms with van der Waals surface area (Å²) in [6, 6.07) is 12.3. The number of halogens is 2. The number of benzene rings is 2. The number of aryl methyl sites for hydroxylation is 1. The van der Waals surface area contributed by atoms with Gasteiger partial charge < -0.3 is 9.42 Å². The highest BCUT2D eigenvalue weighted by Crippen LogP contribution is 2.32. The molecule has 0 bridgehead atoms. The lowest BCUT2D eigenvalue weighted by atomic mass is 10.1. The van der Waals surface area contributed by atoms with Crippen molar-refractivity contribution in [2.24, 2.45) is 0 Å². The molecule has 1 fully saturated rings. The molecule has 26 heavy (non-hydrogen) atoms. The molecule has 1 aromatic heterocycles. The fourth-order valence-electron chi connectivity index (χ4n) is 3.04. The number of carbonyl (C=O) groups is 1. The van der Waals surface area contributed by atoms with E-state index < -0.39 is 0 Å². The van der Waals surface area contributed by atoms with E-state index in [2.05, 4.69) is 26.1 Å². The Morgan fingerprint density at radius 1 is 1.23 bits per heavy atom. The minimum Gasteiger partial charge on any atom is -0.339 e. The van der Waals surface area contributed by atoms with Crippen LogP contribution in [0, 0.1) is 12.7 Å². The van der Waals surface area contributed by atoms with Crippen LogP contribution in [0.3, 0.4) is 0 Å². The summed E-state index contributed by atoms with van der Waals surface area (Å²) < 4.78 is 19.8. The molecule has 5 nitrogen and oxygen atoms in total. The highest BCUT2D eigenvalue weighted by molar-refractivity contribution is 9.10. The topological polar surface area (TPSA) is 59.2 Å². The van der Waals surface area contributed by atoms with Crippen LogP contribution in [0.15, 0.2) is 51.5 Å². The van der Waals surface area contributed by atoms with Gasteiger partial charge in [0.15, 0.2) is 0 Å². The molecule has 1 saturated heterocycles. The third-order valence-electron chi connectivity index (χ3n) is 4.47. The van der Waals surface area contributed by atoms with Crippen LogP contribution in [0.2, 0.25) is 0 Å². The highest BCUT2D eigenvalue weighted by atomic mass is 79.9. The van der Waals surface area contributed by atoms with E-state index in [0.29, 0.717) is 35.9 Å². The van der Waals surface area contributed by atoms with Crippen LogP contribution >= 0.6 is 15.9 Å². The molecule has 1 amide bonds. The van der Waals surface area contributed by atoms with Crippen molar-refractivity contribution < 1.29 is 13.7 Å². The van der Waals surface area contributed by atoms with Gasteiger partial charge in [-0.05, 0) is 55.0 Å². The van der Waals surface area contributed by atoms with Crippen molar-refractivity contribution in [1.82, 2.24) is 10.1 Å². The Balaban J connectivity index is 1.55. The largest absolute Gasteiger partial charge is 0.339 e. The smallest absolute Gasteiger partial charge is 0.232 e. The number of nitrogens with zero attached hydrogens (tertiary/aromatic N) is 3. The molecule has 0 radical (unpaired) electrons. The average Bonchev–Trinajstić information content (AvgIpc) is 3.25. The first-order valence-corrected chi connectivity index (χ1v) is 8.96. The standard InChI is InChI=1S/C19H15BrFN3O2/c1-11-8-15(6-7-16(11)21)24-10-13(9-17(24)25)19-22-18(23-26-19)12-2-4-14(20)5-3-12/h2-8,13H,9-10H2,1H3. The fraction of sp³-hybridized carbons (Fsp3) is 0.211. The molecule has 1 aliphatic rings. The van der Waals surface area contributed by atoms with Gasteiger partial charge in [0.05, 0.1) is 5.92 Å². The normalized spacial score (nSPS) is 17.1. The molecule has 0 N–H and O–H groups in total. The van der Waals surface area contributed by atoms with Gasteiger partial charge >= 0.3 is 0 Å². The zero-order valence-corrected chi connectivity index (χ0v) is 15.5. The van der Waals surface area contributed by atoms with Crippen molar-refractivity contribution in [3.8, 4) is 11.4 Å². The van der Waals surface area contributed by atoms with Gasteiger partial charge in [-0.15, -0.1) is 0 Å². The number of rotatable bonds is 3. The molecule has 1 unspecified atom stereocenters. The monoisotopic (exact) mass is 415 g/mol. The first-order valence-electron chi connectivity index (χ1n) is 8.17. The predicted octanol–water partition coefficient (Wildman–Crippen LogP) is 4.47. The molecule has 2 heterocycles. The molecule has 3 aromatic rings. The summed E-state index contributed by atoms with van der Waals surface area (Å²) in [6.07, 6.45) is 0.290. The molecule has 1 aliphatic heterocycles. The van der Waals surface area contributed by atoms with Gasteiger partial charge in [-0.3, -0.25) is 4.79 Å². The van der Waals surface area contributed by atoms with E-state index in [9.17, 15) is 9.18 Å². The van der Waals surface area contributed by atoms with Gasteiger partial charge in [-0.1, -0.05) is 21.1 Å². The quantitative estimate of drug-likeness (QED) is 0.633. The van der Waals surface area contributed by atoms with Gasteiger partial charge in [0.1, 0.15) is 5.82 Å². The maximum atomic E-state index is 13.5. The van der Waals surface area contributed by atoms with Gasteiger partial charge in [0.2, 0.25) is 17.6 Å². The van der Waals surface area contributed by atoms with Crippen LogP contribution in [-0.4, -0.2) is 22.6 Å². The Morgan fingerprint density at radius 2 is 2.00 bits per heavy atom. The lowest BCUT2D eigenvalue weighted by molar-refractivity contribution is -0.117. The van der Waals surface area contributed by atoms with Crippen LogP contribution < -0.4 is 4.90 Å². The van der Waals surface area contributed by atoms with Crippen molar-refractivity contribution in [2.45, 2.75) is 19.3 Å². The number of hydrogen-bond acceptors (Lipinski definition) is 4. The van der Waals surface area contributed by atoms with Crippen molar-refractivity contribution in [3.63, 3.8) is 0 Å². The summed E-state index contributed by atoms with van der Waals surface area (Å²) in [6.45, 7) is 2.12. The molecular formula is C19H15BrFN3O2. The molecule has 0 saturated carbocycles. The zero-order valence-electron chi connectivity index (χ0n) is 13.9. The van der Waals surface area contributed by atoms with E-state index in [-0.39, 0.29) is 17.6 Å². The van der Waals surface area contributed by atoms with Crippen molar-refractivity contribution in [3.05, 3.63) is 64.2 Å². The van der Waals surface area contributed by atoms with Crippen molar-refractivity contribution in [1.29, 1.82) is 0 Å². The minimum atomic E-state index is -0.284. The van der Waals surface area contributed by atoms with Crippen LogP contribution in [0.4, 0.5) is 10.1 Å². The van der Waals surface area contributed by atoms with Crippen molar-refractivity contribution >= 4 is 27.5 Å². The second-order valence-corrected chi connectivity index (χ2v) is 7.22. The Labute approximate surface area is 158 Å². The van der Waals surface area contributed by atoms with E-state index in [4.69, 9.17) is 4.52 Å². The number of carbonyl (C=O) groups excluding carboxylic acids is 1. The maximum Gasteiger partial charge on any atom is 0.232 e. The molecular weight excluding hydrogens is 401 g/mol. The van der Waals surface area contributed by atoms with Gasteiger partial charge in [0.25, 0.3) is 0 Å². The van der Waals surface area contributed by atoms with Gasteiger partial charge in [-0.2, -0.15) is 4.98 Å². The van der Waals surface area contributed by atoms with E-state index >= 15 is 0 Å². The first kappa shape index (κ1) is 16.9. The molecule has 7 heteroatoms. The van der Waals surface area contributed by atoms with E-state index in [1.165, 1.54) is 6.07 Å². The van der Waals surface area contributed by atoms with Crippen LogP contribution in [-0.2, 0) is 4.79 Å². The fourth-order valence-corrected chi connectivity index (χ4v) is 3.30. The Kier molecular flexibility index (Phi) is 4.32. The third kappa shape index (κ3) is 3.14. The SMILES string of the molecule is Cc1cc(N2CC(c3nc(-c4ccc(Br)cc4)no3)CC2=O)ccc1F. The van der Waals surface area contributed by atoms with Crippen LogP contribution in [0.1, 0.15) is 23.8 Å². The van der Waals surface area contributed by atoms with E-state index in [1.54, 1.807) is 24.0 Å². The van der Waals surface area contributed by atoms with E-state index in [0.717, 1.165) is 10.0 Å². The number of hydrogen-bond donors (Lipinski definition) is 0. The average molecular weight is 416 g/mol. The summed E-state index contributed by atoms with van der Waals surface area (Å²) in [5, 5.41) is 4.03. The molecule has 2 aromatic carbocycles. The lowest BCUT2D eigenvalue weighted by Crippen LogP contribution is -2.24. The Hall–Kier alpha value is -2.54. The summed E-state index contributed by atoms with van der Waals surface area (Å²) >= 11 is 3.39. The van der Waals surface area contributed by atoms with E-state index in [1.807, 2.05) is 24.3 Å². The van der Waals surface area contributed by atoms with Gasteiger partial charge in [-0.25, -0.2) is 4.39 Å². The lowest BCUT2D eigenvalue weighted by Gasteiger charge is -2.16. The molecule has 4 rings (SSSR count). The van der Waals surface area contributed by atoms with Crippen LogP contribution in [0.5, 0.6) is 0 Å². The molecule has 0 aliphatic carbocycles. The molecule has 1 atom stereocenters. The molecule has 132 valence electrons. The number of amides is 1. The van der Waals surface area contributed by atoms with Crippen LogP contribution in [0.25, 0.3) is 11.4 Å². The predicted molar refractivity (Wildman–Crippen MR) is 98.3 cm³/mol. The second kappa shape index (κ2) is 6.64.